The second-order valence-corrected chi connectivity index (χ2v) is 6.60. The second-order valence-electron chi connectivity index (χ2n) is 6.60. The monoisotopic (exact) mass is 320 g/mol. The molecule has 3 rings (SSSR count). The summed E-state index contributed by atoms with van der Waals surface area (Å²) in [6, 6.07) is 15.3. The summed E-state index contributed by atoms with van der Waals surface area (Å²) in [7, 11) is 0. The third-order valence-electron chi connectivity index (χ3n) is 4.12. The van der Waals surface area contributed by atoms with Crippen molar-refractivity contribution < 1.29 is 9.59 Å². The summed E-state index contributed by atoms with van der Waals surface area (Å²) in [5.41, 5.74) is 3.27. The summed E-state index contributed by atoms with van der Waals surface area (Å²) in [5, 5.41) is 5.71. The van der Waals surface area contributed by atoms with Crippen LogP contribution in [0.1, 0.15) is 31.4 Å². The molecule has 4 heteroatoms. The summed E-state index contributed by atoms with van der Waals surface area (Å²) < 4.78 is 0. The van der Waals surface area contributed by atoms with Crippen LogP contribution in [0.2, 0.25) is 0 Å². The third-order valence-corrected chi connectivity index (χ3v) is 4.12. The zero-order valence-electron chi connectivity index (χ0n) is 13.8. The minimum Gasteiger partial charge on any atom is -0.326 e. The first-order chi connectivity index (χ1) is 11.4. The predicted molar refractivity (Wildman–Crippen MR) is 96.8 cm³/mol. The molecule has 0 aromatic heterocycles. The number of hydrogen-bond donors (Lipinski definition) is 2. The minimum atomic E-state index is -0.208. The Kier molecular flexibility index (Phi) is 4.21. The van der Waals surface area contributed by atoms with Gasteiger partial charge < -0.3 is 10.6 Å². The molecule has 0 aliphatic carbocycles. The smallest absolute Gasteiger partial charge is 0.248 e. The molecule has 1 aliphatic heterocycles. The number of amides is 2. The molecule has 2 amide bonds. The molecule has 4 nitrogen and oxygen atoms in total. The van der Waals surface area contributed by atoms with Crippen LogP contribution < -0.4 is 10.6 Å². The van der Waals surface area contributed by atoms with E-state index in [-0.39, 0.29) is 17.2 Å². The van der Waals surface area contributed by atoms with Crippen LogP contribution in [0.3, 0.4) is 0 Å². The van der Waals surface area contributed by atoms with Crippen molar-refractivity contribution >= 4 is 29.3 Å². The van der Waals surface area contributed by atoms with Gasteiger partial charge in [0.15, 0.2) is 0 Å². The highest BCUT2D eigenvalue weighted by molar-refractivity contribution is 6.03. The average molecular weight is 320 g/mol. The largest absolute Gasteiger partial charge is 0.326 e. The zero-order chi connectivity index (χ0) is 17.2. The Morgan fingerprint density at radius 1 is 1.17 bits per heavy atom. The molecule has 0 bridgehead atoms. The number of carbonyl (C=O) groups excluding carboxylic acids is 2. The van der Waals surface area contributed by atoms with Crippen LogP contribution in [-0.2, 0) is 15.0 Å². The molecule has 2 aromatic rings. The Morgan fingerprint density at radius 2 is 1.92 bits per heavy atom. The molecule has 0 saturated carbocycles. The molecule has 0 fully saturated rings. The lowest BCUT2D eigenvalue weighted by Gasteiger charge is -2.32. The molecule has 2 aromatic carbocycles. The van der Waals surface area contributed by atoms with E-state index in [1.54, 1.807) is 6.08 Å². The topological polar surface area (TPSA) is 58.2 Å². The molecule has 0 radical (unpaired) electrons. The minimum absolute atomic E-state index is 0.0000463. The molecule has 0 atom stereocenters. The van der Waals surface area contributed by atoms with Gasteiger partial charge in [0.25, 0.3) is 0 Å². The van der Waals surface area contributed by atoms with Crippen LogP contribution in [0, 0.1) is 0 Å². The summed E-state index contributed by atoms with van der Waals surface area (Å²) in [6.07, 6.45) is 3.72. The Labute approximate surface area is 141 Å². The van der Waals surface area contributed by atoms with Gasteiger partial charge in [-0.15, -0.1) is 0 Å². The summed E-state index contributed by atoms with van der Waals surface area (Å²) in [4.78, 5) is 23.9. The van der Waals surface area contributed by atoms with Crippen molar-refractivity contribution in [2.75, 3.05) is 10.6 Å². The maximum absolute atomic E-state index is 12.1. The fourth-order valence-corrected chi connectivity index (χ4v) is 2.93. The Morgan fingerprint density at radius 3 is 2.67 bits per heavy atom. The van der Waals surface area contributed by atoms with Crippen LogP contribution in [0.4, 0.5) is 11.4 Å². The lowest BCUT2D eigenvalue weighted by atomic mass is 9.78. The molecule has 1 heterocycles. The molecule has 0 saturated heterocycles. The highest BCUT2D eigenvalue weighted by Crippen LogP contribution is 2.38. The Balaban J connectivity index is 1.75. The standard InChI is InChI=1S/C20H20N2O2/c1-20(2)13-19(24)22-17-12-15(9-10-16(17)20)21-18(23)11-8-14-6-4-3-5-7-14/h3-12H,13H2,1-2H3,(H,21,23)(H,22,24). The normalized spacial score (nSPS) is 15.7. The van der Waals surface area contributed by atoms with Crippen molar-refractivity contribution in [3.63, 3.8) is 0 Å². The van der Waals surface area contributed by atoms with Gasteiger partial charge in [-0.2, -0.15) is 0 Å². The van der Waals surface area contributed by atoms with Crippen LogP contribution in [0.5, 0.6) is 0 Å². The van der Waals surface area contributed by atoms with Crippen molar-refractivity contribution in [1.82, 2.24) is 0 Å². The second kappa shape index (κ2) is 6.32. The molecule has 24 heavy (non-hydrogen) atoms. The fourth-order valence-electron chi connectivity index (χ4n) is 2.93. The number of hydrogen-bond acceptors (Lipinski definition) is 2. The van der Waals surface area contributed by atoms with Crippen LogP contribution >= 0.6 is 0 Å². The first-order valence-electron chi connectivity index (χ1n) is 7.92. The van der Waals surface area contributed by atoms with E-state index < -0.39 is 0 Å². The predicted octanol–water partition coefficient (Wildman–Crippen LogP) is 3.96. The van der Waals surface area contributed by atoms with Gasteiger partial charge in [-0.1, -0.05) is 50.2 Å². The summed E-state index contributed by atoms with van der Waals surface area (Å²) >= 11 is 0. The maximum Gasteiger partial charge on any atom is 0.248 e. The fraction of sp³-hybridized carbons (Fsp3) is 0.200. The number of fused-ring (bicyclic) bond motifs is 1. The SMILES string of the molecule is CC1(C)CC(=O)Nc2cc(NC(=O)C=Cc3ccccc3)ccc21. The zero-order valence-corrected chi connectivity index (χ0v) is 13.8. The van der Waals surface area contributed by atoms with Crippen molar-refractivity contribution in [2.24, 2.45) is 0 Å². The van der Waals surface area contributed by atoms with Crippen LogP contribution in [0.25, 0.3) is 6.08 Å². The lowest BCUT2D eigenvalue weighted by Crippen LogP contribution is -2.32. The van der Waals surface area contributed by atoms with Crippen molar-refractivity contribution in [2.45, 2.75) is 25.7 Å². The first-order valence-corrected chi connectivity index (χ1v) is 7.92. The molecular formula is C20H20N2O2. The van der Waals surface area contributed by atoms with Gasteiger partial charge in [0, 0.05) is 29.3 Å². The highest BCUT2D eigenvalue weighted by Gasteiger charge is 2.31. The van der Waals surface area contributed by atoms with Crippen molar-refractivity contribution in [3.05, 3.63) is 65.7 Å². The van der Waals surface area contributed by atoms with Gasteiger partial charge in [0.2, 0.25) is 11.8 Å². The summed E-state index contributed by atoms with van der Waals surface area (Å²) in [6.45, 7) is 4.09. The molecule has 0 unspecified atom stereocenters. The van der Waals surface area contributed by atoms with Gasteiger partial charge in [-0.25, -0.2) is 0 Å². The lowest BCUT2D eigenvalue weighted by molar-refractivity contribution is -0.117. The van der Waals surface area contributed by atoms with E-state index in [0.29, 0.717) is 12.1 Å². The Bertz CT molecular complexity index is 808. The molecule has 122 valence electrons. The van der Waals surface area contributed by atoms with E-state index in [2.05, 4.69) is 10.6 Å². The first kappa shape index (κ1) is 16.0. The van der Waals surface area contributed by atoms with E-state index in [0.717, 1.165) is 16.8 Å². The number of benzene rings is 2. The summed E-state index contributed by atoms with van der Waals surface area (Å²) in [5.74, 6) is -0.208. The molecular weight excluding hydrogens is 300 g/mol. The highest BCUT2D eigenvalue weighted by atomic mass is 16.2. The van der Waals surface area contributed by atoms with E-state index in [9.17, 15) is 9.59 Å². The van der Waals surface area contributed by atoms with Gasteiger partial charge >= 0.3 is 0 Å². The Hall–Kier alpha value is -2.88. The average Bonchev–Trinajstić information content (AvgIpc) is 2.52. The van der Waals surface area contributed by atoms with Gasteiger partial charge in [0.05, 0.1) is 0 Å². The quantitative estimate of drug-likeness (QED) is 0.841. The van der Waals surface area contributed by atoms with Gasteiger partial charge in [-0.3, -0.25) is 9.59 Å². The molecule has 1 aliphatic rings. The molecule has 0 spiro atoms. The number of nitrogens with one attached hydrogen (secondary N) is 2. The maximum atomic E-state index is 12.1. The number of carbonyl (C=O) groups is 2. The van der Waals surface area contributed by atoms with E-state index >= 15 is 0 Å². The van der Waals surface area contributed by atoms with E-state index in [4.69, 9.17) is 0 Å². The third kappa shape index (κ3) is 3.54. The van der Waals surface area contributed by atoms with E-state index in [1.807, 2.05) is 62.4 Å². The van der Waals surface area contributed by atoms with Crippen molar-refractivity contribution in [3.8, 4) is 0 Å². The van der Waals surface area contributed by atoms with Crippen LogP contribution in [0.15, 0.2) is 54.6 Å². The van der Waals surface area contributed by atoms with Gasteiger partial charge in [-0.05, 0) is 29.3 Å². The number of rotatable bonds is 3. The van der Waals surface area contributed by atoms with Crippen molar-refractivity contribution in [1.29, 1.82) is 0 Å². The van der Waals surface area contributed by atoms with Crippen LogP contribution in [-0.4, -0.2) is 11.8 Å². The van der Waals surface area contributed by atoms with Gasteiger partial charge in [0.1, 0.15) is 0 Å². The number of anilines is 2. The van der Waals surface area contributed by atoms with E-state index in [1.165, 1.54) is 6.08 Å². The molecule has 2 N–H and O–H groups in total.